The summed E-state index contributed by atoms with van der Waals surface area (Å²) >= 11 is 0. The van der Waals surface area contributed by atoms with E-state index in [9.17, 15) is 5.11 Å². The largest absolute Gasteiger partial charge is 0.491 e. The van der Waals surface area contributed by atoms with Crippen LogP contribution in [0.3, 0.4) is 0 Å². The lowest BCUT2D eigenvalue weighted by Gasteiger charge is -2.22. The minimum Gasteiger partial charge on any atom is -0.491 e. The molecule has 0 aromatic heterocycles. The molecule has 20 heavy (non-hydrogen) atoms. The number of hydrogen-bond donors (Lipinski definition) is 1. The molecular weight excluding hydrogens is 248 g/mol. The Morgan fingerprint density at radius 3 is 1.80 bits per heavy atom. The van der Waals surface area contributed by atoms with Crippen LogP contribution in [-0.4, -0.2) is 17.8 Å². The molecule has 0 fully saturated rings. The van der Waals surface area contributed by atoms with Gasteiger partial charge in [0.15, 0.2) is 0 Å². The van der Waals surface area contributed by atoms with E-state index >= 15 is 0 Å². The van der Waals surface area contributed by atoms with Gasteiger partial charge in [0, 0.05) is 0 Å². The number of benzene rings is 1. The second-order valence-corrected chi connectivity index (χ2v) is 6.69. The van der Waals surface area contributed by atoms with E-state index in [1.165, 1.54) is 18.4 Å². The standard InChI is InChI=1S/C18H30O2/c1-13(2)10-17(11-14(3)4)16-6-8-18(9-7-16)20-12-15(5)19/h6-9,13-15,17,19H,10-12H2,1-5H3. The molecule has 0 radical (unpaired) electrons. The van der Waals surface area contributed by atoms with Gasteiger partial charge in [0.25, 0.3) is 0 Å². The van der Waals surface area contributed by atoms with E-state index in [1.807, 2.05) is 12.1 Å². The monoisotopic (exact) mass is 278 g/mol. The summed E-state index contributed by atoms with van der Waals surface area (Å²) in [7, 11) is 0. The van der Waals surface area contributed by atoms with Crippen molar-refractivity contribution in [3.8, 4) is 5.75 Å². The summed E-state index contributed by atoms with van der Waals surface area (Å²) in [4.78, 5) is 0. The zero-order valence-electron chi connectivity index (χ0n) is 13.6. The number of ether oxygens (including phenoxy) is 1. The highest BCUT2D eigenvalue weighted by atomic mass is 16.5. The van der Waals surface area contributed by atoms with E-state index in [4.69, 9.17) is 4.74 Å². The Morgan fingerprint density at radius 1 is 0.900 bits per heavy atom. The minimum absolute atomic E-state index is 0.348. The van der Waals surface area contributed by atoms with E-state index in [-0.39, 0.29) is 0 Å². The normalized spacial score (nSPS) is 13.2. The average molecular weight is 278 g/mol. The van der Waals surface area contributed by atoms with Gasteiger partial charge in [-0.05, 0) is 55.2 Å². The van der Waals surface area contributed by atoms with Gasteiger partial charge in [0.05, 0.1) is 6.10 Å². The van der Waals surface area contributed by atoms with Gasteiger partial charge in [-0.3, -0.25) is 0 Å². The van der Waals surface area contributed by atoms with Crippen LogP contribution in [0.2, 0.25) is 0 Å². The van der Waals surface area contributed by atoms with Gasteiger partial charge in [-0.2, -0.15) is 0 Å². The Bertz CT molecular complexity index is 356. The third kappa shape index (κ3) is 6.42. The fourth-order valence-electron chi connectivity index (χ4n) is 2.56. The molecule has 1 aromatic carbocycles. The lowest BCUT2D eigenvalue weighted by atomic mass is 9.84. The predicted octanol–water partition coefficient (Wildman–Crippen LogP) is 4.62. The highest BCUT2D eigenvalue weighted by molar-refractivity contribution is 5.29. The summed E-state index contributed by atoms with van der Waals surface area (Å²) in [6.07, 6.45) is 2.03. The van der Waals surface area contributed by atoms with Crippen LogP contribution in [0.1, 0.15) is 58.9 Å². The van der Waals surface area contributed by atoms with Crippen LogP contribution < -0.4 is 4.74 Å². The van der Waals surface area contributed by atoms with Crippen LogP contribution in [0.4, 0.5) is 0 Å². The van der Waals surface area contributed by atoms with Crippen LogP contribution in [0.15, 0.2) is 24.3 Å². The molecule has 0 bridgehead atoms. The number of hydrogen-bond acceptors (Lipinski definition) is 2. The molecule has 0 aliphatic heterocycles. The Kier molecular flexibility index (Phi) is 7.08. The van der Waals surface area contributed by atoms with Gasteiger partial charge in [0.2, 0.25) is 0 Å². The summed E-state index contributed by atoms with van der Waals surface area (Å²) in [6.45, 7) is 11.2. The van der Waals surface area contributed by atoms with Crippen LogP contribution in [0.5, 0.6) is 5.75 Å². The lowest BCUT2D eigenvalue weighted by molar-refractivity contribution is 0.122. The SMILES string of the molecule is CC(C)CC(CC(C)C)c1ccc(OCC(C)O)cc1. The van der Waals surface area contributed by atoms with Crippen LogP contribution in [0.25, 0.3) is 0 Å². The maximum absolute atomic E-state index is 9.23. The second kappa shape index (κ2) is 8.31. The highest BCUT2D eigenvalue weighted by Crippen LogP contribution is 2.31. The van der Waals surface area contributed by atoms with E-state index in [2.05, 4.69) is 39.8 Å². The molecule has 0 aliphatic rings. The van der Waals surface area contributed by atoms with E-state index in [0.29, 0.717) is 24.4 Å². The summed E-state index contributed by atoms with van der Waals surface area (Å²) in [5, 5.41) is 9.23. The third-order valence-corrected chi connectivity index (χ3v) is 3.35. The van der Waals surface area contributed by atoms with Crippen molar-refractivity contribution in [3.05, 3.63) is 29.8 Å². The molecule has 0 heterocycles. The van der Waals surface area contributed by atoms with Crippen molar-refractivity contribution in [2.45, 2.75) is 59.5 Å². The van der Waals surface area contributed by atoms with Crippen molar-refractivity contribution >= 4 is 0 Å². The van der Waals surface area contributed by atoms with Gasteiger partial charge in [0.1, 0.15) is 12.4 Å². The Morgan fingerprint density at radius 2 is 1.40 bits per heavy atom. The first kappa shape index (κ1) is 17.0. The smallest absolute Gasteiger partial charge is 0.119 e. The van der Waals surface area contributed by atoms with Crippen molar-refractivity contribution in [3.63, 3.8) is 0 Å². The summed E-state index contributed by atoms with van der Waals surface area (Å²) in [6, 6.07) is 8.39. The Labute approximate surface area is 124 Å². The molecule has 1 aromatic rings. The molecule has 0 spiro atoms. The fraction of sp³-hybridized carbons (Fsp3) is 0.667. The highest BCUT2D eigenvalue weighted by Gasteiger charge is 2.15. The van der Waals surface area contributed by atoms with Gasteiger partial charge in [-0.15, -0.1) is 0 Å². The van der Waals surface area contributed by atoms with Crippen molar-refractivity contribution in [1.82, 2.24) is 0 Å². The Balaban J connectivity index is 2.71. The lowest BCUT2D eigenvalue weighted by Crippen LogP contribution is -2.12. The van der Waals surface area contributed by atoms with E-state index < -0.39 is 6.10 Å². The first-order valence-corrected chi connectivity index (χ1v) is 7.79. The molecule has 2 heteroatoms. The number of aliphatic hydroxyl groups excluding tert-OH is 1. The van der Waals surface area contributed by atoms with Gasteiger partial charge < -0.3 is 9.84 Å². The minimum atomic E-state index is -0.427. The third-order valence-electron chi connectivity index (χ3n) is 3.35. The van der Waals surface area contributed by atoms with Crippen molar-refractivity contribution in [2.24, 2.45) is 11.8 Å². The van der Waals surface area contributed by atoms with Gasteiger partial charge >= 0.3 is 0 Å². The topological polar surface area (TPSA) is 29.5 Å². The molecule has 2 nitrogen and oxygen atoms in total. The molecule has 0 saturated carbocycles. The molecule has 0 aliphatic carbocycles. The van der Waals surface area contributed by atoms with Gasteiger partial charge in [-0.1, -0.05) is 39.8 Å². The Hall–Kier alpha value is -1.02. The molecule has 0 amide bonds. The second-order valence-electron chi connectivity index (χ2n) is 6.69. The maximum atomic E-state index is 9.23. The fourth-order valence-corrected chi connectivity index (χ4v) is 2.56. The summed E-state index contributed by atoms with van der Waals surface area (Å²) in [5.74, 6) is 2.89. The summed E-state index contributed by atoms with van der Waals surface area (Å²) < 4.78 is 5.51. The zero-order chi connectivity index (χ0) is 15.1. The molecular formula is C18H30O2. The van der Waals surface area contributed by atoms with Gasteiger partial charge in [-0.25, -0.2) is 0 Å². The van der Waals surface area contributed by atoms with Crippen LogP contribution in [-0.2, 0) is 0 Å². The molecule has 1 N–H and O–H groups in total. The van der Waals surface area contributed by atoms with E-state index in [0.717, 1.165) is 5.75 Å². The molecule has 0 saturated heterocycles. The quantitative estimate of drug-likeness (QED) is 0.751. The first-order chi connectivity index (χ1) is 9.38. The molecule has 1 rings (SSSR count). The van der Waals surface area contributed by atoms with Crippen molar-refractivity contribution in [2.75, 3.05) is 6.61 Å². The predicted molar refractivity (Wildman–Crippen MR) is 85.3 cm³/mol. The van der Waals surface area contributed by atoms with Crippen LogP contribution in [0, 0.1) is 11.8 Å². The van der Waals surface area contributed by atoms with E-state index in [1.54, 1.807) is 6.92 Å². The zero-order valence-corrected chi connectivity index (χ0v) is 13.6. The maximum Gasteiger partial charge on any atom is 0.119 e. The summed E-state index contributed by atoms with van der Waals surface area (Å²) in [5.41, 5.74) is 1.40. The van der Waals surface area contributed by atoms with Crippen molar-refractivity contribution < 1.29 is 9.84 Å². The average Bonchev–Trinajstić information content (AvgIpc) is 2.35. The number of rotatable bonds is 8. The molecule has 1 atom stereocenters. The number of aliphatic hydroxyl groups is 1. The molecule has 1 unspecified atom stereocenters. The van der Waals surface area contributed by atoms with Crippen molar-refractivity contribution in [1.29, 1.82) is 0 Å². The first-order valence-electron chi connectivity index (χ1n) is 7.79. The van der Waals surface area contributed by atoms with Crippen LogP contribution >= 0.6 is 0 Å². The molecule has 114 valence electrons.